The monoisotopic (exact) mass is 280 g/mol. The van der Waals surface area contributed by atoms with Crippen LogP contribution in [0.15, 0.2) is 0 Å². The molecule has 0 rings (SSSR count). The summed E-state index contributed by atoms with van der Waals surface area (Å²) in [5.41, 5.74) is 0. The predicted molar refractivity (Wildman–Crippen MR) is 80.7 cm³/mol. The molecule has 0 aliphatic carbocycles. The van der Waals surface area contributed by atoms with Gasteiger partial charge in [0.15, 0.2) is 6.49 Å². The Balaban J connectivity index is 3.42. The van der Waals surface area contributed by atoms with E-state index < -0.39 is 6.49 Å². The molecule has 0 aliphatic heterocycles. The van der Waals surface area contributed by atoms with Crippen molar-refractivity contribution in [1.82, 2.24) is 0 Å². The molecule has 0 unspecified atom stereocenters. The summed E-state index contributed by atoms with van der Waals surface area (Å²) in [6, 6.07) is 0. The lowest BCUT2D eigenvalue weighted by atomic mass is 10.2. The highest BCUT2D eigenvalue weighted by Gasteiger charge is 2.16. The number of unbranched alkanes of at least 4 members (excludes halogenated alkanes) is 8. The number of rotatable bonds is 12. The average Bonchev–Trinajstić information content (AvgIpc) is 2.28. The molecule has 0 fully saturated rings. The van der Waals surface area contributed by atoms with E-state index in [0.717, 1.165) is 25.2 Å². The number of hydrogen-bond acceptors (Lipinski definition) is 1. The summed E-state index contributed by atoms with van der Waals surface area (Å²) in [5.74, 6) is 0. The van der Waals surface area contributed by atoms with Gasteiger partial charge in [0.2, 0.25) is 0 Å². The highest BCUT2D eigenvalue weighted by molar-refractivity contribution is 7.89. The molecule has 0 aliphatic rings. The molecule has 1 nitrogen and oxygen atoms in total. The molecule has 17 heavy (non-hydrogen) atoms. The lowest BCUT2D eigenvalue weighted by Crippen LogP contribution is -1.91. The molecule has 0 heterocycles. The smallest absolute Gasteiger partial charge is 0.169 e. The Labute approximate surface area is 113 Å². The molecule has 0 bridgehead atoms. The van der Waals surface area contributed by atoms with Crippen LogP contribution >= 0.6 is 17.7 Å². The Morgan fingerprint density at radius 2 is 1.06 bits per heavy atom. The van der Waals surface area contributed by atoms with Gasteiger partial charge in [-0.05, 0) is 12.8 Å². The van der Waals surface area contributed by atoms with Crippen LogP contribution in [-0.2, 0) is 4.57 Å². The van der Waals surface area contributed by atoms with Gasteiger partial charge in [-0.3, -0.25) is 0 Å². The van der Waals surface area contributed by atoms with Crippen molar-refractivity contribution in [2.24, 2.45) is 0 Å². The van der Waals surface area contributed by atoms with Crippen molar-refractivity contribution in [3.8, 4) is 0 Å². The van der Waals surface area contributed by atoms with Crippen LogP contribution in [0.5, 0.6) is 0 Å². The van der Waals surface area contributed by atoms with Crippen molar-refractivity contribution < 1.29 is 4.57 Å². The van der Waals surface area contributed by atoms with Crippen LogP contribution in [0.1, 0.15) is 78.1 Å². The summed E-state index contributed by atoms with van der Waals surface area (Å²) in [6.07, 6.45) is 13.7. The van der Waals surface area contributed by atoms with Gasteiger partial charge in [0, 0.05) is 12.3 Å². The zero-order chi connectivity index (χ0) is 13.0. The molecule has 0 aromatic rings. The molecule has 0 aromatic heterocycles. The second-order valence-corrected chi connectivity index (χ2v) is 9.39. The first-order valence-electron chi connectivity index (χ1n) is 7.40. The first-order chi connectivity index (χ1) is 8.12. The SMILES string of the molecule is CCCCCCCP(=O)(Cl)CCCCCCC. The maximum Gasteiger partial charge on any atom is 0.169 e. The van der Waals surface area contributed by atoms with E-state index in [2.05, 4.69) is 13.8 Å². The van der Waals surface area contributed by atoms with Gasteiger partial charge in [-0.2, -0.15) is 0 Å². The summed E-state index contributed by atoms with van der Waals surface area (Å²) in [7, 11) is 0. The summed E-state index contributed by atoms with van der Waals surface area (Å²) >= 11 is 6.12. The van der Waals surface area contributed by atoms with E-state index in [0.29, 0.717) is 0 Å². The van der Waals surface area contributed by atoms with Crippen LogP contribution in [0.2, 0.25) is 0 Å². The number of halogens is 1. The second-order valence-electron chi connectivity index (χ2n) is 5.07. The molecular formula is C14H30ClOP. The topological polar surface area (TPSA) is 17.1 Å². The van der Waals surface area contributed by atoms with Crippen LogP contribution in [-0.4, -0.2) is 12.3 Å². The van der Waals surface area contributed by atoms with Crippen molar-refractivity contribution in [2.75, 3.05) is 12.3 Å². The average molecular weight is 281 g/mol. The summed E-state index contributed by atoms with van der Waals surface area (Å²) < 4.78 is 12.0. The highest BCUT2D eigenvalue weighted by Crippen LogP contribution is 2.52. The lowest BCUT2D eigenvalue weighted by Gasteiger charge is -2.10. The number of hydrogen-bond donors (Lipinski definition) is 0. The minimum Gasteiger partial charge on any atom is -0.307 e. The second kappa shape index (κ2) is 11.6. The van der Waals surface area contributed by atoms with E-state index in [1.807, 2.05) is 0 Å². The zero-order valence-corrected chi connectivity index (χ0v) is 13.4. The highest BCUT2D eigenvalue weighted by atomic mass is 35.7. The van der Waals surface area contributed by atoms with Gasteiger partial charge < -0.3 is 4.57 Å². The van der Waals surface area contributed by atoms with Crippen molar-refractivity contribution in [3.63, 3.8) is 0 Å². The van der Waals surface area contributed by atoms with Gasteiger partial charge in [0.25, 0.3) is 0 Å². The standard InChI is InChI=1S/C14H30ClOP/c1-3-5-7-9-11-13-17(15,16)14-12-10-8-6-4-2/h3-14H2,1-2H3. The van der Waals surface area contributed by atoms with Crippen molar-refractivity contribution in [2.45, 2.75) is 78.1 Å². The molecule has 3 heteroatoms. The fraction of sp³-hybridized carbons (Fsp3) is 1.00. The molecule has 0 N–H and O–H groups in total. The normalized spacial score (nSPS) is 11.9. The van der Waals surface area contributed by atoms with Gasteiger partial charge in [-0.25, -0.2) is 0 Å². The van der Waals surface area contributed by atoms with Crippen LogP contribution < -0.4 is 0 Å². The first kappa shape index (κ1) is 17.5. The Morgan fingerprint density at radius 3 is 1.41 bits per heavy atom. The molecule has 0 saturated heterocycles. The van der Waals surface area contributed by atoms with Crippen LogP contribution in [0, 0.1) is 0 Å². The quantitative estimate of drug-likeness (QED) is 0.297. The minimum atomic E-state index is -2.32. The van der Waals surface area contributed by atoms with E-state index in [-0.39, 0.29) is 0 Å². The maximum absolute atomic E-state index is 12.0. The van der Waals surface area contributed by atoms with Gasteiger partial charge >= 0.3 is 0 Å². The first-order valence-corrected chi connectivity index (χ1v) is 10.4. The molecule has 0 radical (unpaired) electrons. The van der Waals surface area contributed by atoms with Crippen LogP contribution in [0.25, 0.3) is 0 Å². The molecule has 0 atom stereocenters. The van der Waals surface area contributed by atoms with E-state index in [9.17, 15) is 4.57 Å². The van der Waals surface area contributed by atoms with Gasteiger partial charge in [-0.1, -0.05) is 76.5 Å². The Morgan fingerprint density at radius 1 is 0.706 bits per heavy atom. The van der Waals surface area contributed by atoms with Crippen LogP contribution in [0.3, 0.4) is 0 Å². The summed E-state index contributed by atoms with van der Waals surface area (Å²) in [5, 5.41) is 0. The minimum absolute atomic E-state index is 0.756. The fourth-order valence-electron chi connectivity index (χ4n) is 2.01. The third-order valence-corrected chi connectivity index (χ3v) is 6.17. The molecular weight excluding hydrogens is 251 g/mol. The third-order valence-electron chi connectivity index (χ3n) is 3.19. The Kier molecular flexibility index (Phi) is 12.0. The Bertz CT molecular complexity index is 188. The lowest BCUT2D eigenvalue weighted by molar-refractivity contribution is 0.573. The molecule has 0 spiro atoms. The largest absolute Gasteiger partial charge is 0.307 e. The van der Waals surface area contributed by atoms with E-state index in [1.165, 1.54) is 51.4 Å². The van der Waals surface area contributed by atoms with E-state index >= 15 is 0 Å². The van der Waals surface area contributed by atoms with Crippen LogP contribution in [0.4, 0.5) is 0 Å². The van der Waals surface area contributed by atoms with Gasteiger partial charge in [0.1, 0.15) is 0 Å². The Hall–Kier alpha value is 0.520. The van der Waals surface area contributed by atoms with E-state index in [4.69, 9.17) is 11.2 Å². The van der Waals surface area contributed by atoms with Gasteiger partial charge in [0.05, 0.1) is 0 Å². The maximum atomic E-state index is 12.0. The molecule has 0 amide bonds. The summed E-state index contributed by atoms with van der Waals surface area (Å²) in [4.78, 5) is 0. The van der Waals surface area contributed by atoms with Crippen molar-refractivity contribution in [3.05, 3.63) is 0 Å². The summed E-state index contributed by atoms with van der Waals surface area (Å²) in [6.45, 7) is 2.10. The predicted octanol–water partition coefficient (Wildman–Crippen LogP) is 6.44. The van der Waals surface area contributed by atoms with Crippen molar-refractivity contribution in [1.29, 1.82) is 0 Å². The molecule has 0 aromatic carbocycles. The van der Waals surface area contributed by atoms with Gasteiger partial charge in [-0.15, -0.1) is 0 Å². The molecule has 104 valence electrons. The van der Waals surface area contributed by atoms with E-state index in [1.54, 1.807) is 0 Å². The fourth-order valence-corrected chi connectivity index (χ4v) is 4.35. The van der Waals surface area contributed by atoms with Crippen molar-refractivity contribution >= 4 is 17.7 Å². The zero-order valence-electron chi connectivity index (χ0n) is 11.7. The third kappa shape index (κ3) is 12.8. The molecule has 0 saturated carbocycles.